The van der Waals surface area contributed by atoms with Crippen molar-refractivity contribution in [1.29, 1.82) is 0 Å². The molecular weight excluding hydrogens is 186 g/mol. The Balaban J connectivity index is 3.59. The Hall–Kier alpha value is 0.790. The summed E-state index contributed by atoms with van der Waals surface area (Å²) in [7, 11) is 0. The maximum absolute atomic E-state index is 8.83. The Morgan fingerprint density at radius 2 is 1.78 bits per heavy atom. The zero-order chi connectivity index (χ0) is 7.49. The molecule has 0 spiro atoms. The Morgan fingerprint density at radius 3 is 1.89 bits per heavy atom. The van der Waals surface area contributed by atoms with E-state index < -0.39 is 9.90 Å². The molecule has 0 aromatic carbocycles. The summed E-state index contributed by atoms with van der Waals surface area (Å²) in [6.45, 7) is -0.185. The van der Waals surface area contributed by atoms with Gasteiger partial charge in [0, 0.05) is 13.0 Å². The van der Waals surface area contributed by atoms with Crippen LogP contribution in [-0.4, -0.2) is 26.7 Å². The van der Waals surface area contributed by atoms with Gasteiger partial charge in [-0.2, -0.15) is 0 Å². The van der Waals surface area contributed by atoms with Crippen LogP contribution in [0.1, 0.15) is 6.42 Å². The number of alkyl halides is 3. The summed E-state index contributed by atoms with van der Waals surface area (Å²) in [6, 6.07) is 0. The third-order valence-electron chi connectivity index (χ3n) is 0.780. The summed E-state index contributed by atoms with van der Waals surface area (Å²) in [5, 5.41) is 17.1. The Kier molecular flexibility index (Phi) is 4.17. The second kappa shape index (κ2) is 3.84. The third-order valence-corrected chi connectivity index (χ3v) is 1.54. The van der Waals surface area contributed by atoms with Gasteiger partial charge in [-0.1, -0.05) is 34.8 Å². The fourth-order valence-electron chi connectivity index (χ4n) is 0.286. The van der Waals surface area contributed by atoms with Crippen LogP contribution in [0.3, 0.4) is 0 Å². The quantitative estimate of drug-likeness (QED) is 0.645. The SMILES string of the molecule is OCCC(O)C(Cl)(Cl)Cl. The highest BCUT2D eigenvalue weighted by Gasteiger charge is 2.29. The van der Waals surface area contributed by atoms with E-state index in [2.05, 4.69) is 0 Å². The molecule has 1 atom stereocenters. The first-order valence-electron chi connectivity index (χ1n) is 2.34. The Bertz CT molecular complexity index is 80.4. The normalized spacial score (nSPS) is 15.7. The van der Waals surface area contributed by atoms with E-state index in [4.69, 9.17) is 45.0 Å². The van der Waals surface area contributed by atoms with Crippen LogP contribution >= 0.6 is 34.8 Å². The van der Waals surface area contributed by atoms with Crippen LogP contribution in [0.4, 0.5) is 0 Å². The van der Waals surface area contributed by atoms with Gasteiger partial charge in [0.05, 0.1) is 0 Å². The highest BCUT2D eigenvalue weighted by molar-refractivity contribution is 6.68. The van der Waals surface area contributed by atoms with Crippen LogP contribution in [0.25, 0.3) is 0 Å². The van der Waals surface area contributed by atoms with E-state index in [0.717, 1.165) is 0 Å². The summed E-state index contributed by atoms with van der Waals surface area (Å²) < 4.78 is -1.68. The number of aliphatic hydroxyl groups excluding tert-OH is 2. The van der Waals surface area contributed by atoms with Crippen LogP contribution in [-0.2, 0) is 0 Å². The minimum atomic E-state index is -1.68. The van der Waals surface area contributed by atoms with Crippen molar-refractivity contribution in [2.45, 2.75) is 16.3 Å². The molecule has 1 unspecified atom stereocenters. The predicted molar refractivity (Wildman–Crippen MR) is 38.0 cm³/mol. The molecule has 0 fully saturated rings. The maximum atomic E-state index is 8.83. The lowest BCUT2D eigenvalue weighted by atomic mass is 10.3. The van der Waals surface area contributed by atoms with Crippen molar-refractivity contribution in [3.63, 3.8) is 0 Å². The van der Waals surface area contributed by atoms with Crippen LogP contribution in [0.5, 0.6) is 0 Å². The largest absolute Gasteiger partial charge is 0.396 e. The van der Waals surface area contributed by atoms with Gasteiger partial charge in [0.2, 0.25) is 3.79 Å². The maximum Gasteiger partial charge on any atom is 0.216 e. The average Bonchev–Trinajstić information content (AvgIpc) is 1.64. The molecule has 2 nitrogen and oxygen atoms in total. The van der Waals surface area contributed by atoms with Crippen molar-refractivity contribution in [1.82, 2.24) is 0 Å². The predicted octanol–water partition coefficient (Wildman–Crippen LogP) is 1.10. The summed E-state index contributed by atoms with van der Waals surface area (Å²) in [5.74, 6) is 0. The van der Waals surface area contributed by atoms with E-state index >= 15 is 0 Å². The van der Waals surface area contributed by atoms with Crippen molar-refractivity contribution in [2.24, 2.45) is 0 Å². The van der Waals surface area contributed by atoms with Gasteiger partial charge in [-0.3, -0.25) is 0 Å². The zero-order valence-corrected chi connectivity index (χ0v) is 6.79. The lowest BCUT2D eigenvalue weighted by Crippen LogP contribution is -2.25. The van der Waals surface area contributed by atoms with Crippen molar-refractivity contribution in [3.05, 3.63) is 0 Å². The molecule has 0 aliphatic rings. The minimum absolute atomic E-state index is 0.0799. The van der Waals surface area contributed by atoms with Gasteiger partial charge < -0.3 is 10.2 Å². The minimum Gasteiger partial charge on any atom is -0.396 e. The van der Waals surface area contributed by atoms with E-state index in [1.807, 2.05) is 0 Å². The number of aliphatic hydroxyl groups is 2. The second-order valence-electron chi connectivity index (χ2n) is 1.57. The fourth-order valence-corrected chi connectivity index (χ4v) is 0.613. The highest BCUT2D eigenvalue weighted by Crippen LogP contribution is 2.31. The summed E-state index contributed by atoms with van der Waals surface area (Å²) in [5.41, 5.74) is 0. The molecule has 56 valence electrons. The molecule has 9 heavy (non-hydrogen) atoms. The number of halogens is 3. The smallest absolute Gasteiger partial charge is 0.216 e. The fraction of sp³-hybridized carbons (Fsp3) is 1.00. The van der Waals surface area contributed by atoms with Crippen LogP contribution in [0, 0.1) is 0 Å². The van der Waals surface area contributed by atoms with E-state index in [1.54, 1.807) is 0 Å². The van der Waals surface area contributed by atoms with E-state index in [9.17, 15) is 0 Å². The molecule has 0 radical (unpaired) electrons. The van der Waals surface area contributed by atoms with Gasteiger partial charge in [0.1, 0.15) is 6.10 Å². The van der Waals surface area contributed by atoms with Crippen LogP contribution < -0.4 is 0 Å². The molecular formula is C4H7Cl3O2. The zero-order valence-electron chi connectivity index (χ0n) is 4.52. The van der Waals surface area contributed by atoms with E-state index in [1.165, 1.54) is 0 Å². The molecule has 0 saturated carbocycles. The summed E-state index contributed by atoms with van der Waals surface area (Å²) >= 11 is 15.7. The molecule has 0 aromatic rings. The van der Waals surface area contributed by atoms with Crippen LogP contribution in [0.2, 0.25) is 0 Å². The van der Waals surface area contributed by atoms with Crippen molar-refractivity contribution in [2.75, 3.05) is 6.61 Å². The van der Waals surface area contributed by atoms with Crippen molar-refractivity contribution >= 4 is 34.8 Å². The van der Waals surface area contributed by atoms with Crippen molar-refractivity contribution < 1.29 is 10.2 Å². The van der Waals surface area contributed by atoms with E-state index in [-0.39, 0.29) is 13.0 Å². The molecule has 0 aliphatic heterocycles. The highest BCUT2D eigenvalue weighted by atomic mass is 35.6. The van der Waals surface area contributed by atoms with Crippen LogP contribution in [0.15, 0.2) is 0 Å². The molecule has 0 rings (SSSR count). The van der Waals surface area contributed by atoms with Gasteiger partial charge >= 0.3 is 0 Å². The molecule has 0 aliphatic carbocycles. The molecule has 0 saturated heterocycles. The lowest BCUT2D eigenvalue weighted by Gasteiger charge is -2.16. The molecule has 5 heteroatoms. The van der Waals surface area contributed by atoms with Gasteiger partial charge in [-0.05, 0) is 0 Å². The van der Waals surface area contributed by atoms with Crippen molar-refractivity contribution in [3.8, 4) is 0 Å². The Labute approximate surface area is 68.3 Å². The van der Waals surface area contributed by atoms with E-state index in [0.29, 0.717) is 0 Å². The first kappa shape index (κ1) is 9.79. The third kappa shape index (κ3) is 4.23. The summed E-state index contributed by atoms with van der Waals surface area (Å²) in [6.07, 6.45) is -1.01. The van der Waals surface area contributed by atoms with Gasteiger partial charge in [-0.25, -0.2) is 0 Å². The number of hydrogen-bond acceptors (Lipinski definition) is 2. The molecule has 0 bridgehead atoms. The molecule has 0 amide bonds. The summed E-state index contributed by atoms with van der Waals surface area (Å²) in [4.78, 5) is 0. The number of hydrogen-bond donors (Lipinski definition) is 2. The second-order valence-corrected chi connectivity index (χ2v) is 3.94. The van der Waals surface area contributed by atoms with Gasteiger partial charge in [0.15, 0.2) is 0 Å². The standard InChI is InChI=1S/C4H7Cl3O2/c5-4(6,7)3(9)1-2-8/h3,8-9H,1-2H2. The van der Waals surface area contributed by atoms with Gasteiger partial charge in [-0.15, -0.1) is 0 Å². The average molecular weight is 193 g/mol. The van der Waals surface area contributed by atoms with Gasteiger partial charge in [0.25, 0.3) is 0 Å². The monoisotopic (exact) mass is 192 g/mol. The molecule has 0 aromatic heterocycles. The lowest BCUT2D eigenvalue weighted by molar-refractivity contribution is 0.136. The number of rotatable bonds is 2. The Morgan fingerprint density at radius 1 is 1.33 bits per heavy atom. The first-order valence-corrected chi connectivity index (χ1v) is 3.47. The topological polar surface area (TPSA) is 40.5 Å². The molecule has 2 N–H and O–H groups in total. The first-order chi connectivity index (χ1) is 3.98. The molecule has 0 heterocycles.